The van der Waals surface area contributed by atoms with Gasteiger partial charge in [-0.2, -0.15) is 0 Å². The normalized spacial score (nSPS) is 33.6. The van der Waals surface area contributed by atoms with Crippen LogP contribution in [0.15, 0.2) is 0 Å². The van der Waals surface area contributed by atoms with Gasteiger partial charge in [-0.25, -0.2) is 0 Å². The van der Waals surface area contributed by atoms with Gasteiger partial charge in [0.1, 0.15) is 0 Å². The van der Waals surface area contributed by atoms with Crippen LogP contribution in [-0.2, 0) is 4.79 Å². The van der Waals surface area contributed by atoms with Crippen molar-refractivity contribution in [1.29, 1.82) is 0 Å². The number of likely N-dealkylation sites (tertiary alicyclic amines) is 1. The standard InChI is InChI=1S/C14H27N3O/c1-15-12-6-4-5-7-13(12)17(3)14(18)11-8-9-16(2)10-11/h11-13,15H,4-10H2,1-3H3/t11-,12-,13-/m0/s1. The molecule has 1 heterocycles. The van der Waals surface area contributed by atoms with Gasteiger partial charge in [-0.15, -0.1) is 0 Å². The molecule has 104 valence electrons. The molecule has 1 aliphatic carbocycles. The molecule has 4 nitrogen and oxygen atoms in total. The smallest absolute Gasteiger partial charge is 0.227 e. The van der Waals surface area contributed by atoms with Crippen LogP contribution in [0.3, 0.4) is 0 Å². The topological polar surface area (TPSA) is 35.6 Å². The molecule has 0 aromatic carbocycles. The third-order valence-electron chi connectivity index (χ3n) is 4.69. The number of nitrogens with zero attached hydrogens (tertiary/aromatic N) is 2. The number of hydrogen-bond donors (Lipinski definition) is 1. The predicted molar refractivity (Wildman–Crippen MR) is 73.5 cm³/mol. The maximum Gasteiger partial charge on any atom is 0.227 e. The first-order valence-corrected chi connectivity index (χ1v) is 7.26. The van der Waals surface area contributed by atoms with Gasteiger partial charge in [-0.1, -0.05) is 12.8 Å². The van der Waals surface area contributed by atoms with E-state index in [-0.39, 0.29) is 5.92 Å². The molecule has 0 aromatic rings. The van der Waals surface area contributed by atoms with Crippen molar-refractivity contribution in [3.8, 4) is 0 Å². The maximum absolute atomic E-state index is 12.5. The van der Waals surface area contributed by atoms with Gasteiger partial charge < -0.3 is 15.1 Å². The average Bonchev–Trinajstić information content (AvgIpc) is 2.83. The molecular weight excluding hydrogens is 226 g/mol. The van der Waals surface area contributed by atoms with Gasteiger partial charge in [0.05, 0.1) is 5.92 Å². The molecule has 3 atom stereocenters. The maximum atomic E-state index is 12.5. The first-order chi connectivity index (χ1) is 8.63. The van der Waals surface area contributed by atoms with Crippen molar-refractivity contribution < 1.29 is 4.79 Å². The van der Waals surface area contributed by atoms with Crippen LogP contribution >= 0.6 is 0 Å². The fourth-order valence-corrected chi connectivity index (χ4v) is 3.50. The van der Waals surface area contributed by atoms with Crippen molar-refractivity contribution >= 4 is 5.91 Å². The quantitative estimate of drug-likeness (QED) is 0.812. The van der Waals surface area contributed by atoms with Gasteiger partial charge in [0.25, 0.3) is 0 Å². The Balaban J connectivity index is 1.96. The molecule has 1 saturated carbocycles. The third kappa shape index (κ3) is 2.86. The molecule has 1 aliphatic heterocycles. The highest BCUT2D eigenvalue weighted by Gasteiger charge is 2.34. The van der Waals surface area contributed by atoms with Gasteiger partial charge >= 0.3 is 0 Å². The van der Waals surface area contributed by atoms with E-state index in [0.29, 0.717) is 18.0 Å². The SMILES string of the molecule is CN[C@H]1CCCC[C@@H]1N(C)C(=O)[C@H]1CCN(C)C1. The van der Waals surface area contributed by atoms with Gasteiger partial charge in [0, 0.05) is 25.7 Å². The molecule has 2 aliphatic rings. The fourth-order valence-electron chi connectivity index (χ4n) is 3.50. The van der Waals surface area contributed by atoms with E-state index in [1.165, 1.54) is 19.3 Å². The van der Waals surface area contributed by atoms with Gasteiger partial charge in [-0.05, 0) is 39.9 Å². The minimum atomic E-state index is 0.222. The van der Waals surface area contributed by atoms with Crippen LogP contribution in [0.2, 0.25) is 0 Å². The zero-order valence-electron chi connectivity index (χ0n) is 12.0. The highest BCUT2D eigenvalue weighted by atomic mass is 16.2. The number of likely N-dealkylation sites (N-methyl/N-ethyl adjacent to an activating group) is 2. The molecule has 1 saturated heterocycles. The van der Waals surface area contributed by atoms with Crippen LogP contribution in [0, 0.1) is 5.92 Å². The van der Waals surface area contributed by atoms with Crippen molar-refractivity contribution in [1.82, 2.24) is 15.1 Å². The molecule has 0 aromatic heterocycles. The van der Waals surface area contributed by atoms with Crippen LogP contribution in [0.4, 0.5) is 0 Å². The Morgan fingerprint density at radius 1 is 1.28 bits per heavy atom. The van der Waals surface area contributed by atoms with E-state index >= 15 is 0 Å². The Hall–Kier alpha value is -0.610. The van der Waals surface area contributed by atoms with Gasteiger partial charge in [0.15, 0.2) is 0 Å². The summed E-state index contributed by atoms with van der Waals surface area (Å²) in [6, 6.07) is 0.869. The van der Waals surface area contributed by atoms with E-state index in [1.54, 1.807) is 0 Å². The number of hydrogen-bond acceptors (Lipinski definition) is 3. The van der Waals surface area contributed by atoms with Crippen molar-refractivity contribution in [3.63, 3.8) is 0 Å². The summed E-state index contributed by atoms with van der Waals surface area (Å²) in [5.74, 6) is 0.575. The number of carbonyl (C=O) groups is 1. The number of amides is 1. The molecule has 1 amide bonds. The van der Waals surface area contributed by atoms with E-state index in [4.69, 9.17) is 0 Å². The molecule has 2 fully saturated rings. The Kier molecular flexibility index (Phi) is 4.62. The summed E-state index contributed by atoms with van der Waals surface area (Å²) < 4.78 is 0. The number of carbonyl (C=O) groups excluding carboxylic acids is 1. The van der Waals surface area contributed by atoms with E-state index in [2.05, 4.69) is 17.3 Å². The van der Waals surface area contributed by atoms with Gasteiger partial charge in [-0.3, -0.25) is 4.79 Å². The van der Waals surface area contributed by atoms with E-state index in [1.807, 2.05) is 19.0 Å². The van der Waals surface area contributed by atoms with Crippen molar-refractivity contribution in [2.45, 2.75) is 44.2 Å². The zero-order valence-corrected chi connectivity index (χ0v) is 12.0. The largest absolute Gasteiger partial charge is 0.341 e. The second-order valence-electron chi connectivity index (χ2n) is 5.94. The van der Waals surface area contributed by atoms with Gasteiger partial charge in [0.2, 0.25) is 5.91 Å². The van der Waals surface area contributed by atoms with Crippen LogP contribution in [0.5, 0.6) is 0 Å². The Morgan fingerprint density at radius 2 is 2.00 bits per heavy atom. The molecular formula is C14H27N3O. The molecule has 4 heteroatoms. The van der Waals surface area contributed by atoms with Crippen LogP contribution in [0.25, 0.3) is 0 Å². The van der Waals surface area contributed by atoms with E-state index in [9.17, 15) is 4.79 Å². The molecule has 0 radical (unpaired) electrons. The lowest BCUT2D eigenvalue weighted by Gasteiger charge is -2.38. The Bertz CT molecular complexity index is 295. The summed E-state index contributed by atoms with van der Waals surface area (Å²) in [4.78, 5) is 16.8. The minimum absolute atomic E-state index is 0.222. The molecule has 0 bridgehead atoms. The lowest BCUT2D eigenvalue weighted by Crippen LogP contribution is -2.52. The zero-order chi connectivity index (χ0) is 13.1. The van der Waals surface area contributed by atoms with Crippen molar-refractivity contribution in [2.24, 2.45) is 5.92 Å². The monoisotopic (exact) mass is 253 g/mol. The second kappa shape index (κ2) is 6.02. The lowest BCUT2D eigenvalue weighted by atomic mass is 9.88. The van der Waals surface area contributed by atoms with Crippen molar-refractivity contribution in [3.05, 3.63) is 0 Å². The molecule has 2 rings (SSSR count). The summed E-state index contributed by atoms with van der Waals surface area (Å²) >= 11 is 0. The number of nitrogens with one attached hydrogen (secondary N) is 1. The molecule has 0 spiro atoms. The summed E-state index contributed by atoms with van der Waals surface area (Å²) in [6.07, 6.45) is 5.91. The van der Waals surface area contributed by atoms with E-state index < -0.39 is 0 Å². The first kappa shape index (κ1) is 13.8. The minimum Gasteiger partial charge on any atom is -0.341 e. The van der Waals surface area contributed by atoms with Crippen molar-refractivity contribution in [2.75, 3.05) is 34.2 Å². The molecule has 0 unspecified atom stereocenters. The second-order valence-corrected chi connectivity index (χ2v) is 5.94. The van der Waals surface area contributed by atoms with E-state index in [0.717, 1.165) is 25.9 Å². The summed E-state index contributed by atoms with van der Waals surface area (Å²) in [5.41, 5.74) is 0. The average molecular weight is 253 g/mol. The summed E-state index contributed by atoms with van der Waals surface area (Å²) in [5, 5.41) is 3.38. The summed E-state index contributed by atoms with van der Waals surface area (Å²) in [7, 11) is 6.12. The Labute approximate surface area is 111 Å². The number of rotatable bonds is 3. The fraction of sp³-hybridized carbons (Fsp3) is 0.929. The highest BCUT2D eigenvalue weighted by Crippen LogP contribution is 2.25. The Morgan fingerprint density at radius 3 is 2.61 bits per heavy atom. The molecule has 18 heavy (non-hydrogen) atoms. The first-order valence-electron chi connectivity index (χ1n) is 7.26. The summed E-state index contributed by atoms with van der Waals surface area (Å²) in [6.45, 7) is 1.99. The lowest BCUT2D eigenvalue weighted by molar-refractivity contribution is -0.137. The third-order valence-corrected chi connectivity index (χ3v) is 4.69. The highest BCUT2D eigenvalue weighted by molar-refractivity contribution is 5.79. The van der Waals surface area contributed by atoms with Crippen LogP contribution < -0.4 is 5.32 Å². The van der Waals surface area contributed by atoms with Crippen LogP contribution in [-0.4, -0.2) is 62.0 Å². The predicted octanol–water partition coefficient (Wildman–Crippen LogP) is 0.927. The molecule has 1 N–H and O–H groups in total. The van der Waals surface area contributed by atoms with Crippen LogP contribution in [0.1, 0.15) is 32.1 Å².